The van der Waals surface area contributed by atoms with E-state index in [-0.39, 0.29) is 0 Å². The lowest BCUT2D eigenvalue weighted by atomic mass is 10.1. The van der Waals surface area contributed by atoms with E-state index in [1.165, 1.54) is 6.20 Å². The van der Waals surface area contributed by atoms with E-state index >= 15 is 0 Å². The van der Waals surface area contributed by atoms with Gasteiger partial charge < -0.3 is 14.6 Å². The van der Waals surface area contributed by atoms with Gasteiger partial charge in [-0.2, -0.15) is 0 Å². The molecule has 1 amide bonds. The molecule has 1 aromatic rings. The molecule has 0 bridgehead atoms. The van der Waals surface area contributed by atoms with E-state index in [1.807, 2.05) is 11.6 Å². The second-order valence-electron chi connectivity index (χ2n) is 4.68. The van der Waals surface area contributed by atoms with Crippen LogP contribution in [-0.2, 0) is 26.1 Å². The Kier molecular flexibility index (Phi) is 3.65. The maximum absolute atomic E-state index is 11.6. The van der Waals surface area contributed by atoms with Crippen molar-refractivity contribution in [3.8, 4) is 0 Å². The van der Waals surface area contributed by atoms with E-state index in [1.54, 1.807) is 13.8 Å². The lowest BCUT2D eigenvalue weighted by Crippen LogP contribution is -2.28. The third kappa shape index (κ3) is 3.11. The molecule has 2 rings (SSSR count). The molecule has 0 radical (unpaired) electrons. The Morgan fingerprint density at radius 2 is 2.26 bits per heavy atom. The molecule has 1 unspecified atom stereocenters. The number of nitrogens with one attached hydrogen (secondary N) is 1. The third-order valence-corrected chi connectivity index (χ3v) is 5.04. The quantitative estimate of drug-likeness (QED) is 0.876. The SMILES string of the molecule is CC1(C)OC[C@@](C)(c2ncc(S(=O)NC(=O)O)s2)O1. The molecule has 0 spiro atoms. The largest absolute Gasteiger partial charge is 0.464 e. The number of rotatable bonds is 3. The van der Waals surface area contributed by atoms with Gasteiger partial charge in [0.2, 0.25) is 0 Å². The summed E-state index contributed by atoms with van der Waals surface area (Å²) in [6, 6.07) is 0. The maximum atomic E-state index is 11.6. The highest BCUT2D eigenvalue weighted by Crippen LogP contribution is 2.40. The summed E-state index contributed by atoms with van der Waals surface area (Å²) in [7, 11) is -1.82. The lowest BCUT2D eigenvalue weighted by molar-refractivity contribution is -0.159. The Hall–Kier alpha value is -1.03. The lowest BCUT2D eigenvalue weighted by Gasteiger charge is -2.22. The molecule has 9 heteroatoms. The zero-order valence-electron chi connectivity index (χ0n) is 10.6. The van der Waals surface area contributed by atoms with Crippen LogP contribution in [0.4, 0.5) is 4.79 Å². The molecular formula is C10H14N2O5S2. The van der Waals surface area contributed by atoms with Crippen molar-refractivity contribution in [1.82, 2.24) is 9.71 Å². The van der Waals surface area contributed by atoms with E-state index in [4.69, 9.17) is 14.6 Å². The Morgan fingerprint density at radius 1 is 1.58 bits per heavy atom. The predicted molar refractivity (Wildman–Crippen MR) is 68.2 cm³/mol. The molecule has 1 aromatic heterocycles. The molecule has 2 N–H and O–H groups in total. The highest BCUT2D eigenvalue weighted by atomic mass is 32.2. The first-order valence-corrected chi connectivity index (χ1v) is 7.40. The second kappa shape index (κ2) is 4.82. The monoisotopic (exact) mass is 306 g/mol. The standard InChI is InChI=1S/C10H14N2O5S2/c1-9(2)16-5-10(3,17-9)7-11-4-6(18-7)19(15)12-8(13)14/h4,12H,5H2,1-3H3,(H,13,14)/t10-,19?/m0/s1. The van der Waals surface area contributed by atoms with Gasteiger partial charge in [-0.3, -0.25) is 0 Å². The van der Waals surface area contributed by atoms with Gasteiger partial charge in [0.05, 0.1) is 12.8 Å². The summed E-state index contributed by atoms with van der Waals surface area (Å²) in [6.07, 6.45) is 0.0347. The number of amides is 1. The fourth-order valence-corrected chi connectivity index (χ4v) is 3.53. The number of hydrogen-bond donors (Lipinski definition) is 2. The first-order chi connectivity index (χ1) is 8.72. The van der Waals surface area contributed by atoms with Crippen LogP contribution in [0.25, 0.3) is 0 Å². The second-order valence-corrected chi connectivity index (χ2v) is 7.15. The minimum Gasteiger partial charge on any atom is -0.464 e. The van der Waals surface area contributed by atoms with Gasteiger partial charge in [-0.1, -0.05) is 0 Å². The molecule has 1 aliphatic heterocycles. The summed E-state index contributed by atoms with van der Waals surface area (Å²) in [5.41, 5.74) is -0.708. The number of ether oxygens (including phenoxy) is 2. The van der Waals surface area contributed by atoms with Crippen LogP contribution in [0.3, 0.4) is 0 Å². The number of nitrogens with zero attached hydrogens (tertiary/aromatic N) is 1. The van der Waals surface area contributed by atoms with Crippen molar-refractivity contribution in [1.29, 1.82) is 0 Å². The van der Waals surface area contributed by atoms with E-state index in [0.29, 0.717) is 15.8 Å². The third-order valence-electron chi connectivity index (χ3n) is 2.47. The van der Waals surface area contributed by atoms with Gasteiger partial charge in [-0.15, -0.1) is 11.3 Å². The molecule has 2 heterocycles. The first kappa shape index (κ1) is 14.4. The van der Waals surface area contributed by atoms with E-state index in [2.05, 4.69) is 4.98 Å². The van der Waals surface area contributed by atoms with Crippen LogP contribution in [0.2, 0.25) is 0 Å². The average Bonchev–Trinajstić information content (AvgIpc) is 2.83. The summed E-state index contributed by atoms with van der Waals surface area (Å²) in [5.74, 6) is -0.695. The van der Waals surface area contributed by atoms with E-state index < -0.39 is 28.5 Å². The molecule has 7 nitrogen and oxygen atoms in total. The average molecular weight is 306 g/mol. The van der Waals surface area contributed by atoms with Crippen LogP contribution in [0, 0.1) is 0 Å². The summed E-state index contributed by atoms with van der Waals surface area (Å²) >= 11 is 1.14. The minimum absolute atomic E-state index is 0.326. The van der Waals surface area contributed by atoms with Crippen molar-refractivity contribution in [2.45, 2.75) is 36.4 Å². The fraction of sp³-hybridized carbons (Fsp3) is 0.600. The molecule has 2 atom stereocenters. The Balaban J connectivity index is 2.18. The minimum atomic E-state index is -1.82. The van der Waals surface area contributed by atoms with E-state index in [0.717, 1.165) is 11.3 Å². The molecular weight excluding hydrogens is 292 g/mol. The Bertz CT molecular complexity index is 530. The number of carbonyl (C=O) groups is 1. The maximum Gasteiger partial charge on any atom is 0.416 e. The molecule has 1 saturated heterocycles. The molecule has 1 aliphatic rings. The van der Waals surface area contributed by atoms with E-state index in [9.17, 15) is 9.00 Å². The number of thiazole rings is 1. The molecule has 0 aromatic carbocycles. The fourth-order valence-electron chi connectivity index (χ4n) is 1.74. The van der Waals surface area contributed by atoms with Gasteiger partial charge in [0.15, 0.2) is 16.8 Å². The van der Waals surface area contributed by atoms with Crippen LogP contribution < -0.4 is 4.72 Å². The van der Waals surface area contributed by atoms with Gasteiger partial charge in [-0.05, 0) is 20.8 Å². The van der Waals surface area contributed by atoms with Crippen molar-refractivity contribution < 1.29 is 23.6 Å². The summed E-state index contributed by atoms with van der Waals surface area (Å²) < 4.78 is 25.1. The first-order valence-electron chi connectivity index (χ1n) is 5.44. The topological polar surface area (TPSA) is 97.8 Å². The van der Waals surface area contributed by atoms with Gasteiger partial charge in [0, 0.05) is 0 Å². The summed E-state index contributed by atoms with van der Waals surface area (Å²) in [5, 5.41) is 9.12. The highest BCUT2D eigenvalue weighted by molar-refractivity contribution is 7.86. The van der Waals surface area contributed by atoms with Crippen LogP contribution in [-0.4, -0.2) is 32.8 Å². The zero-order chi connectivity index (χ0) is 14.3. The van der Waals surface area contributed by atoms with Crippen LogP contribution in [0.15, 0.2) is 10.4 Å². The van der Waals surface area contributed by atoms with Crippen LogP contribution in [0.5, 0.6) is 0 Å². The molecule has 1 fully saturated rings. The molecule has 0 saturated carbocycles. The van der Waals surface area contributed by atoms with Gasteiger partial charge >= 0.3 is 6.09 Å². The van der Waals surface area contributed by atoms with Crippen molar-refractivity contribution in [2.75, 3.05) is 6.61 Å². The van der Waals surface area contributed by atoms with Crippen LogP contribution in [0.1, 0.15) is 25.8 Å². The highest BCUT2D eigenvalue weighted by Gasteiger charge is 2.45. The van der Waals surface area contributed by atoms with Crippen molar-refractivity contribution in [3.63, 3.8) is 0 Å². The number of hydrogen-bond acceptors (Lipinski definition) is 6. The number of carboxylic acid groups (broad SMARTS) is 1. The van der Waals surface area contributed by atoms with Gasteiger partial charge in [0.1, 0.15) is 14.8 Å². The smallest absolute Gasteiger partial charge is 0.416 e. The normalized spacial score (nSPS) is 27.1. The zero-order valence-corrected chi connectivity index (χ0v) is 12.3. The molecule has 0 aliphatic carbocycles. The summed E-state index contributed by atoms with van der Waals surface area (Å²) in [6.45, 7) is 5.78. The van der Waals surface area contributed by atoms with Gasteiger partial charge in [-0.25, -0.2) is 18.7 Å². The van der Waals surface area contributed by atoms with Crippen LogP contribution >= 0.6 is 11.3 Å². The predicted octanol–water partition coefficient (Wildman–Crippen LogP) is 1.43. The van der Waals surface area contributed by atoms with Crippen molar-refractivity contribution in [2.24, 2.45) is 0 Å². The van der Waals surface area contributed by atoms with Crippen molar-refractivity contribution in [3.05, 3.63) is 11.2 Å². The Morgan fingerprint density at radius 3 is 2.79 bits per heavy atom. The van der Waals surface area contributed by atoms with Gasteiger partial charge in [0.25, 0.3) is 0 Å². The molecule has 106 valence electrons. The summed E-state index contributed by atoms with van der Waals surface area (Å²) in [4.78, 5) is 14.6. The molecule has 19 heavy (non-hydrogen) atoms. The Labute approximate surface area is 116 Å². The van der Waals surface area contributed by atoms with Crippen molar-refractivity contribution >= 4 is 28.4 Å². The number of aromatic nitrogens is 1.